The number of hydrogen-bond donors (Lipinski definition) is 0. The number of alkyl halides is 1. The molecule has 3 aromatic rings. The van der Waals surface area contributed by atoms with E-state index in [1.165, 1.54) is 0 Å². The van der Waals surface area contributed by atoms with Crippen LogP contribution in [-0.4, -0.2) is 19.7 Å². The second-order valence-electron chi connectivity index (χ2n) is 4.42. The highest BCUT2D eigenvalue weighted by molar-refractivity contribution is 6.17. The standard InChI is InChI=1S/C14H13ClN4/c1-9-16-10(2)19(18-9)14-12(8-15)7-11-5-3-4-6-13(11)17-14/h3-7H,8H2,1-2H3. The predicted molar refractivity (Wildman–Crippen MR) is 75.7 cm³/mol. The van der Waals surface area contributed by atoms with Gasteiger partial charge < -0.3 is 0 Å². The van der Waals surface area contributed by atoms with Crippen LogP contribution in [-0.2, 0) is 5.88 Å². The van der Waals surface area contributed by atoms with Crippen LogP contribution in [0.3, 0.4) is 0 Å². The van der Waals surface area contributed by atoms with E-state index < -0.39 is 0 Å². The summed E-state index contributed by atoms with van der Waals surface area (Å²) in [5.74, 6) is 2.69. The molecule has 0 bridgehead atoms. The molecule has 3 rings (SSSR count). The number of aryl methyl sites for hydroxylation is 2. The van der Waals surface area contributed by atoms with Gasteiger partial charge >= 0.3 is 0 Å². The number of hydrogen-bond acceptors (Lipinski definition) is 3. The number of benzene rings is 1. The first-order valence-corrected chi connectivity index (χ1v) is 6.58. The van der Waals surface area contributed by atoms with Crippen molar-refractivity contribution < 1.29 is 0 Å². The summed E-state index contributed by atoms with van der Waals surface area (Å²) in [6.45, 7) is 3.78. The molecule has 0 saturated carbocycles. The molecule has 0 aliphatic carbocycles. The van der Waals surface area contributed by atoms with Gasteiger partial charge in [-0.2, -0.15) is 4.68 Å². The molecule has 96 valence electrons. The molecular formula is C14H13ClN4. The van der Waals surface area contributed by atoms with Crippen molar-refractivity contribution in [2.75, 3.05) is 0 Å². The molecular weight excluding hydrogens is 260 g/mol. The van der Waals surface area contributed by atoms with Crippen molar-refractivity contribution in [3.63, 3.8) is 0 Å². The predicted octanol–water partition coefficient (Wildman–Crippen LogP) is 3.17. The van der Waals surface area contributed by atoms with Crippen molar-refractivity contribution in [3.05, 3.63) is 47.5 Å². The van der Waals surface area contributed by atoms with Gasteiger partial charge in [0.25, 0.3) is 0 Å². The minimum atomic E-state index is 0.394. The van der Waals surface area contributed by atoms with Crippen molar-refractivity contribution in [2.45, 2.75) is 19.7 Å². The molecule has 0 saturated heterocycles. The Bertz CT molecular complexity index is 748. The Morgan fingerprint density at radius 2 is 1.95 bits per heavy atom. The molecule has 2 aromatic heterocycles. The summed E-state index contributed by atoms with van der Waals surface area (Å²) in [4.78, 5) is 8.98. The molecule has 1 aromatic carbocycles. The number of para-hydroxylation sites is 1. The minimum absolute atomic E-state index is 0.394. The lowest BCUT2D eigenvalue weighted by Gasteiger charge is -2.09. The van der Waals surface area contributed by atoms with E-state index in [4.69, 9.17) is 11.6 Å². The number of nitrogens with zero attached hydrogens (tertiary/aromatic N) is 4. The second-order valence-corrected chi connectivity index (χ2v) is 4.68. The van der Waals surface area contributed by atoms with Gasteiger partial charge in [-0.25, -0.2) is 9.97 Å². The lowest BCUT2D eigenvalue weighted by Crippen LogP contribution is -2.06. The summed E-state index contributed by atoms with van der Waals surface area (Å²) in [5, 5.41) is 5.46. The van der Waals surface area contributed by atoms with Crippen LogP contribution in [0, 0.1) is 13.8 Å². The van der Waals surface area contributed by atoms with Crippen LogP contribution in [0.4, 0.5) is 0 Å². The smallest absolute Gasteiger partial charge is 0.160 e. The first-order chi connectivity index (χ1) is 9.19. The third-order valence-electron chi connectivity index (χ3n) is 3.00. The van der Waals surface area contributed by atoms with Crippen molar-refractivity contribution in [3.8, 4) is 5.82 Å². The molecule has 0 radical (unpaired) electrons. The summed E-state index contributed by atoms with van der Waals surface area (Å²) in [7, 11) is 0. The van der Waals surface area contributed by atoms with Crippen LogP contribution in [0.15, 0.2) is 30.3 Å². The second kappa shape index (κ2) is 4.63. The zero-order chi connectivity index (χ0) is 13.4. The van der Waals surface area contributed by atoms with Crippen molar-refractivity contribution >= 4 is 22.5 Å². The Morgan fingerprint density at radius 3 is 2.63 bits per heavy atom. The van der Waals surface area contributed by atoms with Crippen LogP contribution in [0.25, 0.3) is 16.7 Å². The molecule has 5 heteroatoms. The summed E-state index contributed by atoms with van der Waals surface area (Å²) in [5.41, 5.74) is 1.88. The molecule has 0 aliphatic rings. The first kappa shape index (κ1) is 12.1. The van der Waals surface area contributed by atoms with Gasteiger partial charge in [0.05, 0.1) is 11.4 Å². The van der Waals surface area contributed by atoms with Crippen LogP contribution in [0.5, 0.6) is 0 Å². The van der Waals surface area contributed by atoms with Crippen LogP contribution < -0.4 is 0 Å². The molecule has 4 nitrogen and oxygen atoms in total. The van der Waals surface area contributed by atoms with Crippen molar-refractivity contribution in [1.82, 2.24) is 19.7 Å². The zero-order valence-corrected chi connectivity index (χ0v) is 11.5. The maximum absolute atomic E-state index is 6.04. The van der Waals surface area contributed by atoms with Gasteiger partial charge in [0.1, 0.15) is 11.6 Å². The van der Waals surface area contributed by atoms with Gasteiger partial charge in [0.15, 0.2) is 5.82 Å². The topological polar surface area (TPSA) is 43.6 Å². The fourth-order valence-corrected chi connectivity index (χ4v) is 2.35. The van der Waals surface area contributed by atoms with E-state index in [-0.39, 0.29) is 0 Å². The van der Waals surface area contributed by atoms with Gasteiger partial charge in [-0.15, -0.1) is 16.7 Å². The fourth-order valence-electron chi connectivity index (χ4n) is 2.15. The molecule has 0 aliphatic heterocycles. The van der Waals surface area contributed by atoms with Gasteiger partial charge in [0.2, 0.25) is 0 Å². The largest absolute Gasteiger partial charge is 0.228 e. The Kier molecular flexibility index (Phi) is 2.95. The Labute approximate surface area is 116 Å². The number of rotatable bonds is 2. The molecule has 0 unspecified atom stereocenters. The minimum Gasteiger partial charge on any atom is -0.228 e. The summed E-state index contributed by atoms with van der Waals surface area (Å²) >= 11 is 6.04. The maximum Gasteiger partial charge on any atom is 0.160 e. The van der Waals surface area contributed by atoms with Crippen LogP contribution in [0.1, 0.15) is 17.2 Å². The number of pyridine rings is 1. The first-order valence-electron chi connectivity index (χ1n) is 6.04. The molecule has 2 heterocycles. The van der Waals surface area contributed by atoms with Crippen molar-refractivity contribution in [2.24, 2.45) is 0 Å². The fraction of sp³-hybridized carbons (Fsp3) is 0.214. The van der Waals surface area contributed by atoms with E-state index >= 15 is 0 Å². The van der Waals surface area contributed by atoms with Gasteiger partial charge in [-0.1, -0.05) is 18.2 Å². The van der Waals surface area contributed by atoms with E-state index in [0.29, 0.717) is 5.88 Å². The normalized spacial score (nSPS) is 11.1. The summed E-state index contributed by atoms with van der Waals surface area (Å²) in [6, 6.07) is 10.0. The highest BCUT2D eigenvalue weighted by atomic mass is 35.5. The molecule has 0 N–H and O–H groups in total. The van der Waals surface area contributed by atoms with Crippen molar-refractivity contribution in [1.29, 1.82) is 0 Å². The van der Waals surface area contributed by atoms with E-state index in [9.17, 15) is 0 Å². The van der Waals surface area contributed by atoms with Gasteiger partial charge in [-0.05, 0) is 26.0 Å². The maximum atomic E-state index is 6.04. The number of aromatic nitrogens is 4. The summed E-state index contributed by atoms with van der Waals surface area (Å²) in [6.07, 6.45) is 0. The molecule has 0 spiro atoms. The van der Waals surface area contributed by atoms with Gasteiger partial charge in [-0.3, -0.25) is 0 Å². The van der Waals surface area contributed by atoms with E-state index in [0.717, 1.165) is 33.9 Å². The average Bonchev–Trinajstić information content (AvgIpc) is 2.76. The lowest BCUT2D eigenvalue weighted by molar-refractivity contribution is 0.800. The van der Waals surface area contributed by atoms with E-state index in [1.807, 2.05) is 38.1 Å². The highest BCUT2D eigenvalue weighted by Gasteiger charge is 2.12. The monoisotopic (exact) mass is 272 g/mol. The highest BCUT2D eigenvalue weighted by Crippen LogP contribution is 2.21. The van der Waals surface area contributed by atoms with Crippen LogP contribution in [0.2, 0.25) is 0 Å². The number of halogens is 1. The SMILES string of the molecule is Cc1nc(C)n(-c2nc3ccccc3cc2CCl)n1. The third-order valence-corrected chi connectivity index (χ3v) is 3.29. The Hall–Kier alpha value is -1.94. The van der Waals surface area contributed by atoms with E-state index in [1.54, 1.807) is 4.68 Å². The molecule has 0 fully saturated rings. The lowest BCUT2D eigenvalue weighted by atomic mass is 10.1. The zero-order valence-electron chi connectivity index (χ0n) is 10.8. The summed E-state index contributed by atoms with van der Waals surface area (Å²) < 4.78 is 1.75. The van der Waals surface area contributed by atoms with Crippen LogP contribution >= 0.6 is 11.6 Å². The Balaban J connectivity index is 2.30. The molecule has 0 atom stereocenters. The Morgan fingerprint density at radius 1 is 1.16 bits per heavy atom. The average molecular weight is 273 g/mol. The quantitative estimate of drug-likeness (QED) is 0.673. The molecule has 19 heavy (non-hydrogen) atoms. The third kappa shape index (κ3) is 2.08. The van der Waals surface area contributed by atoms with Gasteiger partial charge in [0, 0.05) is 10.9 Å². The number of fused-ring (bicyclic) bond motifs is 1. The van der Waals surface area contributed by atoms with E-state index in [2.05, 4.69) is 21.1 Å². The molecule has 0 amide bonds.